The summed E-state index contributed by atoms with van der Waals surface area (Å²) >= 11 is 0. The van der Waals surface area contributed by atoms with E-state index < -0.39 is 23.8 Å². The zero-order valence-electron chi connectivity index (χ0n) is 19.9. The Morgan fingerprint density at radius 1 is 1.09 bits per heavy atom. The number of Topliss-reactive ketones (excluding diaryl/α,β-unsaturated/α-hetero) is 1. The molecule has 0 aromatic heterocycles. The molecule has 0 bridgehead atoms. The molecule has 1 heterocycles. The Morgan fingerprint density at radius 2 is 1.79 bits per heavy atom. The van der Waals surface area contributed by atoms with Crippen LogP contribution in [0, 0.1) is 11.8 Å². The van der Waals surface area contributed by atoms with Crippen LogP contribution in [-0.4, -0.2) is 45.2 Å². The number of carbonyl (C=O) groups excluding carboxylic acids is 3. The molecular weight excluding hydrogens is 426 g/mol. The number of benzene rings is 1. The molecule has 0 saturated heterocycles. The molecule has 178 valence electrons. The highest BCUT2D eigenvalue weighted by Crippen LogP contribution is 2.49. The third-order valence-corrected chi connectivity index (χ3v) is 6.07. The van der Waals surface area contributed by atoms with Crippen LogP contribution in [0.1, 0.15) is 45.6 Å². The van der Waals surface area contributed by atoms with Crippen molar-refractivity contribution < 1.29 is 33.3 Å². The maximum Gasteiger partial charge on any atom is 0.336 e. The molecule has 8 nitrogen and oxygen atoms in total. The molecule has 3 unspecified atom stereocenters. The summed E-state index contributed by atoms with van der Waals surface area (Å²) < 4.78 is 21.7. The second-order valence-corrected chi connectivity index (χ2v) is 8.07. The highest BCUT2D eigenvalue weighted by Gasteiger charge is 2.48. The van der Waals surface area contributed by atoms with E-state index in [0.717, 1.165) is 0 Å². The van der Waals surface area contributed by atoms with Crippen LogP contribution in [-0.2, 0) is 23.9 Å². The van der Waals surface area contributed by atoms with Gasteiger partial charge in [-0.25, -0.2) is 4.79 Å². The number of hydrogen-bond acceptors (Lipinski definition) is 8. The first-order chi connectivity index (χ1) is 15.8. The van der Waals surface area contributed by atoms with Gasteiger partial charge in [-0.2, -0.15) is 0 Å². The molecule has 1 aliphatic heterocycles. The summed E-state index contributed by atoms with van der Waals surface area (Å²) in [6.45, 7) is 7.42. The molecule has 1 aromatic carbocycles. The highest BCUT2D eigenvalue weighted by molar-refractivity contribution is 6.12. The molecule has 1 aromatic rings. The first-order valence-electron chi connectivity index (χ1n) is 11.1. The van der Waals surface area contributed by atoms with E-state index in [0.29, 0.717) is 46.0 Å². The van der Waals surface area contributed by atoms with E-state index in [1.54, 1.807) is 39.0 Å². The van der Waals surface area contributed by atoms with Crippen LogP contribution >= 0.6 is 0 Å². The van der Waals surface area contributed by atoms with E-state index >= 15 is 0 Å². The van der Waals surface area contributed by atoms with Crippen molar-refractivity contribution in [1.29, 1.82) is 0 Å². The maximum atomic E-state index is 13.8. The predicted octanol–water partition coefficient (Wildman–Crippen LogP) is 3.27. The molecule has 0 amide bonds. The molecule has 0 fully saturated rings. The van der Waals surface area contributed by atoms with Gasteiger partial charge in [-0.1, -0.05) is 19.1 Å². The number of allylic oxidation sites excluding steroid dienone is 3. The largest absolute Gasteiger partial charge is 0.493 e. The first-order valence-corrected chi connectivity index (χ1v) is 11.1. The molecule has 8 heteroatoms. The molecule has 2 aliphatic rings. The summed E-state index contributed by atoms with van der Waals surface area (Å²) in [5.74, 6) is -2.58. The number of nitrogens with one attached hydrogen (secondary N) is 1. The molecule has 33 heavy (non-hydrogen) atoms. The number of methoxy groups -OCH3 is 2. The summed E-state index contributed by atoms with van der Waals surface area (Å²) in [6.07, 6.45) is 0.459. The van der Waals surface area contributed by atoms with Crippen molar-refractivity contribution >= 4 is 17.7 Å². The van der Waals surface area contributed by atoms with Crippen LogP contribution in [0.15, 0.2) is 40.7 Å². The number of carbonyl (C=O) groups is 3. The standard InChI is InChI=1S/C25H31NO7/c1-7-32-24(28)18-13(3)12-16-21(22(18)27)20(19(14(4)26-16)25(29)33-8-2)15-10-9-11-17(30-5)23(15)31-6/h9-11,13,18,20,26H,7-8,12H2,1-6H3. The number of ether oxygens (including phenoxy) is 4. The van der Waals surface area contributed by atoms with Crippen LogP contribution in [0.2, 0.25) is 0 Å². The zero-order valence-corrected chi connectivity index (χ0v) is 19.9. The van der Waals surface area contributed by atoms with Crippen molar-refractivity contribution in [2.24, 2.45) is 11.8 Å². The lowest BCUT2D eigenvalue weighted by atomic mass is 9.69. The topological polar surface area (TPSA) is 100 Å². The molecule has 3 atom stereocenters. The van der Waals surface area contributed by atoms with Gasteiger partial charge in [0.1, 0.15) is 5.92 Å². The van der Waals surface area contributed by atoms with Gasteiger partial charge in [0.15, 0.2) is 17.3 Å². The minimum Gasteiger partial charge on any atom is -0.493 e. The van der Waals surface area contributed by atoms with Gasteiger partial charge in [0, 0.05) is 22.5 Å². The number of para-hydroxylation sites is 1. The van der Waals surface area contributed by atoms with Crippen molar-refractivity contribution in [2.45, 2.75) is 40.0 Å². The smallest absolute Gasteiger partial charge is 0.336 e. The molecule has 0 radical (unpaired) electrons. The van der Waals surface area contributed by atoms with Crippen LogP contribution in [0.4, 0.5) is 0 Å². The van der Waals surface area contributed by atoms with Gasteiger partial charge < -0.3 is 24.3 Å². The monoisotopic (exact) mass is 457 g/mol. The fourth-order valence-electron chi connectivity index (χ4n) is 4.72. The molecule has 0 saturated carbocycles. The van der Waals surface area contributed by atoms with Crippen molar-refractivity contribution in [1.82, 2.24) is 5.32 Å². The first kappa shape index (κ1) is 24.4. The summed E-state index contributed by atoms with van der Waals surface area (Å²) in [4.78, 5) is 39.6. The lowest BCUT2D eigenvalue weighted by molar-refractivity contribution is -0.153. The average molecular weight is 458 g/mol. The Morgan fingerprint density at radius 3 is 2.39 bits per heavy atom. The molecule has 1 N–H and O–H groups in total. The second-order valence-electron chi connectivity index (χ2n) is 8.07. The Labute approximate surface area is 193 Å². The van der Waals surface area contributed by atoms with Crippen LogP contribution < -0.4 is 14.8 Å². The summed E-state index contributed by atoms with van der Waals surface area (Å²) in [5.41, 5.74) is 2.52. The van der Waals surface area contributed by atoms with Gasteiger partial charge in [-0.3, -0.25) is 9.59 Å². The van der Waals surface area contributed by atoms with Crippen LogP contribution in [0.25, 0.3) is 0 Å². The Kier molecular flexibility index (Phi) is 7.46. The van der Waals surface area contributed by atoms with E-state index in [2.05, 4.69) is 5.32 Å². The van der Waals surface area contributed by atoms with Crippen LogP contribution in [0.5, 0.6) is 11.5 Å². The third-order valence-electron chi connectivity index (χ3n) is 6.07. The Balaban J connectivity index is 2.26. The lowest BCUT2D eigenvalue weighted by Crippen LogP contribution is -2.43. The number of esters is 2. The summed E-state index contributed by atoms with van der Waals surface area (Å²) in [7, 11) is 3.02. The zero-order chi connectivity index (χ0) is 24.3. The van der Waals surface area contributed by atoms with Crippen molar-refractivity contribution in [3.05, 3.63) is 46.3 Å². The minimum atomic E-state index is -0.952. The molecule has 3 rings (SSSR count). The fraction of sp³-hybridized carbons (Fsp3) is 0.480. The fourth-order valence-corrected chi connectivity index (χ4v) is 4.72. The van der Waals surface area contributed by atoms with E-state index in [1.165, 1.54) is 14.2 Å². The van der Waals surface area contributed by atoms with Crippen molar-refractivity contribution in [2.75, 3.05) is 27.4 Å². The van der Waals surface area contributed by atoms with Gasteiger partial charge in [0.05, 0.1) is 38.9 Å². The summed E-state index contributed by atoms with van der Waals surface area (Å²) in [5, 5.41) is 3.24. The van der Waals surface area contributed by atoms with Crippen LogP contribution in [0.3, 0.4) is 0 Å². The van der Waals surface area contributed by atoms with Gasteiger partial charge in [0.2, 0.25) is 0 Å². The second kappa shape index (κ2) is 10.1. The maximum absolute atomic E-state index is 13.8. The van der Waals surface area contributed by atoms with Gasteiger partial charge in [-0.05, 0) is 39.2 Å². The van der Waals surface area contributed by atoms with E-state index in [1.807, 2.05) is 6.92 Å². The summed E-state index contributed by atoms with van der Waals surface area (Å²) in [6, 6.07) is 5.31. The number of ketones is 1. The van der Waals surface area contributed by atoms with E-state index in [9.17, 15) is 14.4 Å². The quantitative estimate of drug-likeness (QED) is 0.492. The Bertz CT molecular complexity index is 1020. The third kappa shape index (κ3) is 4.34. The molecule has 1 aliphatic carbocycles. The minimum absolute atomic E-state index is 0.180. The average Bonchev–Trinajstić information content (AvgIpc) is 2.77. The van der Waals surface area contributed by atoms with Gasteiger partial charge in [-0.15, -0.1) is 0 Å². The SMILES string of the molecule is CCOC(=O)C1=C(C)NC2=C(C(=O)C(C(=O)OCC)C(C)C2)C1c1cccc(OC)c1OC. The van der Waals surface area contributed by atoms with Crippen molar-refractivity contribution in [3.63, 3.8) is 0 Å². The Hall–Kier alpha value is -3.29. The van der Waals surface area contributed by atoms with Gasteiger partial charge >= 0.3 is 11.9 Å². The van der Waals surface area contributed by atoms with Gasteiger partial charge in [0.25, 0.3) is 0 Å². The number of hydrogen-bond donors (Lipinski definition) is 1. The lowest BCUT2D eigenvalue weighted by Gasteiger charge is -2.38. The van der Waals surface area contributed by atoms with Crippen molar-refractivity contribution in [3.8, 4) is 11.5 Å². The highest BCUT2D eigenvalue weighted by atomic mass is 16.5. The molecule has 0 spiro atoms. The van der Waals surface area contributed by atoms with E-state index in [4.69, 9.17) is 18.9 Å². The predicted molar refractivity (Wildman–Crippen MR) is 121 cm³/mol. The molecular formula is C25H31NO7. The number of dihydropyridines is 1. The number of rotatable bonds is 7. The normalized spacial score (nSPS) is 22.4. The van der Waals surface area contributed by atoms with E-state index in [-0.39, 0.29) is 24.9 Å².